The van der Waals surface area contributed by atoms with Crippen molar-refractivity contribution in [3.63, 3.8) is 0 Å². The summed E-state index contributed by atoms with van der Waals surface area (Å²) in [5.41, 5.74) is 0.137. The minimum absolute atomic E-state index is 0.137. The lowest BCUT2D eigenvalue weighted by Crippen LogP contribution is -2.49. The predicted molar refractivity (Wildman–Crippen MR) is 81.4 cm³/mol. The van der Waals surface area contributed by atoms with Crippen LogP contribution in [0.15, 0.2) is 0 Å². The van der Waals surface area contributed by atoms with E-state index < -0.39 is 0 Å². The third-order valence-corrected chi connectivity index (χ3v) is 6.02. The van der Waals surface area contributed by atoms with E-state index >= 15 is 0 Å². The zero-order chi connectivity index (χ0) is 14.0. The molecule has 4 atom stereocenters. The Bertz CT molecular complexity index is 349. The molecule has 0 aromatic carbocycles. The summed E-state index contributed by atoms with van der Waals surface area (Å²) in [5.74, 6) is 2.39. The minimum atomic E-state index is 0.137. The molecule has 1 amide bonds. The molecule has 2 aliphatic carbocycles. The smallest absolute Gasteiger partial charge is 0.223 e. The molecule has 3 aliphatic rings. The highest BCUT2D eigenvalue weighted by atomic mass is 16.1. The van der Waals surface area contributed by atoms with Crippen molar-refractivity contribution in [3.8, 4) is 0 Å². The van der Waals surface area contributed by atoms with Gasteiger partial charge in [0.25, 0.3) is 0 Å². The topological polar surface area (TPSA) is 41.1 Å². The Morgan fingerprint density at radius 1 is 1.15 bits per heavy atom. The number of carbonyl (C=O) groups is 1. The average molecular weight is 278 g/mol. The van der Waals surface area contributed by atoms with Crippen LogP contribution in [0.25, 0.3) is 0 Å². The van der Waals surface area contributed by atoms with Crippen LogP contribution in [0.2, 0.25) is 0 Å². The van der Waals surface area contributed by atoms with Crippen molar-refractivity contribution in [2.45, 2.75) is 70.3 Å². The molecule has 20 heavy (non-hydrogen) atoms. The molecule has 0 spiro atoms. The number of fused-ring (bicyclic) bond motifs is 1. The zero-order valence-electron chi connectivity index (χ0n) is 12.9. The van der Waals surface area contributed by atoms with Gasteiger partial charge in [0.1, 0.15) is 0 Å². The first-order valence-corrected chi connectivity index (χ1v) is 8.69. The quantitative estimate of drug-likeness (QED) is 0.833. The van der Waals surface area contributed by atoms with Crippen LogP contribution in [0, 0.1) is 17.8 Å². The molecule has 1 saturated heterocycles. The van der Waals surface area contributed by atoms with Crippen LogP contribution in [-0.4, -0.2) is 24.5 Å². The second-order valence-corrected chi connectivity index (χ2v) is 7.62. The second-order valence-electron chi connectivity index (χ2n) is 7.62. The molecule has 0 aromatic rings. The van der Waals surface area contributed by atoms with Crippen molar-refractivity contribution in [2.75, 3.05) is 13.1 Å². The van der Waals surface area contributed by atoms with E-state index in [0.717, 1.165) is 37.8 Å². The summed E-state index contributed by atoms with van der Waals surface area (Å²) < 4.78 is 0. The molecule has 0 radical (unpaired) electrons. The summed E-state index contributed by atoms with van der Waals surface area (Å²) >= 11 is 0. The molecule has 2 saturated carbocycles. The molecule has 4 unspecified atom stereocenters. The maximum Gasteiger partial charge on any atom is 0.223 e. The van der Waals surface area contributed by atoms with Crippen LogP contribution in [0.3, 0.4) is 0 Å². The van der Waals surface area contributed by atoms with Crippen molar-refractivity contribution in [3.05, 3.63) is 0 Å². The summed E-state index contributed by atoms with van der Waals surface area (Å²) in [5, 5.41) is 6.75. The Labute approximate surface area is 123 Å². The molecular weight excluding hydrogens is 248 g/mol. The molecule has 1 heterocycles. The molecule has 0 bridgehead atoms. The van der Waals surface area contributed by atoms with Crippen molar-refractivity contribution in [1.29, 1.82) is 0 Å². The van der Waals surface area contributed by atoms with Gasteiger partial charge in [-0.3, -0.25) is 4.79 Å². The Morgan fingerprint density at radius 2 is 1.95 bits per heavy atom. The van der Waals surface area contributed by atoms with Crippen LogP contribution >= 0.6 is 0 Å². The molecule has 114 valence electrons. The fourth-order valence-corrected chi connectivity index (χ4v) is 4.65. The van der Waals surface area contributed by atoms with Gasteiger partial charge in [-0.1, -0.05) is 25.7 Å². The van der Waals surface area contributed by atoms with Crippen molar-refractivity contribution < 1.29 is 4.79 Å². The van der Waals surface area contributed by atoms with Crippen LogP contribution < -0.4 is 10.6 Å². The van der Waals surface area contributed by atoms with Crippen LogP contribution in [-0.2, 0) is 4.79 Å². The molecule has 3 nitrogen and oxygen atoms in total. The van der Waals surface area contributed by atoms with E-state index in [1.807, 2.05) is 0 Å². The van der Waals surface area contributed by atoms with Gasteiger partial charge in [0.15, 0.2) is 0 Å². The molecule has 3 heteroatoms. The van der Waals surface area contributed by atoms with E-state index in [-0.39, 0.29) is 5.54 Å². The number of rotatable bonds is 3. The fourth-order valence-electron chi connectivity index (χ4n) is 4.65. The van der Waals surface area contributed by atoms with Gasteiger partial charge in [0, 0.05) is 18.0 Å². The first-order valence-electron chi connectivity index (χ1n) is 8.69. The number of hydrogen-bond donors (Lipinski definition) is 2. The summed E-state index contributed by atoms with van der Waals surface area (Å²) in [4.78, 5) is 12.4. The van der Waals surface area contributed by atoms with E-state index in [9.17, 15) is 4.79 Å². The van der Waals surface area contributed by atoms with Crippen LogP contribution in [0.1, 0.15) is 64.7 Å². The zero-order valence-corrected chi connectivity index (χ0v) is 12.9. The van der Waals surface area contributed by atoms with Gasteiger partial charge in [0.2, 0.25) is 5.91 Å². The van der Waals surface area contributed by atoms with E-state index in [1.54, 1.807) is 0 Å². The lowest BCUT2D eigenvalue weighted by molar-refractivity contribution is -0.127. The van der Waals surface area contributed by atoms with Crippen molar-refractivity contribution in [1.82, 2.24) is 10.6 Å². The molecule has 3 rings (SSSR count). The summed E-state index contributed by atoms with van der Waals surface area (Å²) in [7, 11) is 0. The van der Waals surface area contributed by atoms with E-state index in [0.29, 0.717) is 11.8 Å². The highest BCUT2D eigenvalue weighted by Crippen LogP contribution is 2.42. The molecule has 1 aliphatic heterocycles. The summed E-state index contributed by atoms with van der Waals surface area (Å²) in [6.07, 6.45) is 11.6. The predicted octanol–water partition coefficient (Wildman–Crippen LogP) is 2.85. The minimum Gasteiger partial charge on any atom is -0.354 e. The fraction of sp³-hybridized carbons (Fsp3) is 0.941. The van der Waals surface area contributed by atoms with Crippen molar-refractivity contribution in [2.24, 2.45) is 17.8 Å². The van der Waals surface area contributed by atoms with Gasteiger partial charge in [0.05, 0.1) is 0 Å². The number of carbonyl (C=O) groups excluding carboxylic acids is 1. The Balaban J connectivity index is 1.47. The first kappa shape index (κ1) is 14.4. The second kappa shape index (κ2) is 6.05. The number of hydrogen-bond acceptors (Lipinski definition) is 2. The summed E-state index contributed by atoms with van der Waals surface area (Å²) in [6, 6.07) is 0. The lowest BCUT2D eigenvalue weighted by atomic mass is 9.67. The van der Waals surface area contributed by atoms with E-state index in [4.69, 9.17) is 0 Å². The molecule has 3 fully saturated rings. The van der Waals surface area contributed by atoms with Crippen LogP contribution in [0.5, 0.6) is 0 Å². The normalized spacial score (nSPS) is 41.1. The maximum absolute atomic E-state index is 12.4. The third kappa shape index (κ3) is 3.19. The molecule has 0 aromatic heterocycles. The van der Waals surface area contributed by atoms with E-state index in [1.165, 1.54) is 44.9 Å². The molecule has 2 N–H and O–H groups in total. The van der Waals surface area contributed by atoms with Gasteiger partial charge < -0.3 is 10.6 Å². The standard InChI is InChI=1S/C17H30N2O/c1-17(9-4-10-19-17)12-18-16(20)15-8-7-13-5-2-3-6-14(13)11-15/h13-15,19H,2-12H2,1H3,(H,18,20). The van der Waals surface area contributed by atoms with Crippen LogP contribution in [0.4, 0.5) is 0 Å². The van der Waals surface area contributed by atoms with Gasteiger partial charge in [-0.25, -0.2) is 0 Å². The highest BCUT2D eigenvalue weighted by Gasteiger charge is 2.36. The van der Waals surface area contributed by atoms with Gasteiger partial charge >= 0.3 is 0 Å². The Morgan fingerprint density at radius 3 is 2.70 bits per heavy atom. The van der Waals surface area contributed by atoms with Gasteiger partial charge in [-0.2, -0.15) is 0 Å². The Hall–Kier alpha value is -0.570. The highest BCUT2D eigenvalue weighted by molar-refractivity contribution is 5.78. The summed E-state index contributed by atoms with van der Waals surface area (Å²) in [6.45, 7) is 4.13. The Kier molecular flexibility index (Phi) is 4.34. The largest absolute Gasteiger partial charge is 0.354 e. The van der Waals surface area contributed by atoms with Crippen molar-refractivity contribution >= 4 is 5.91 Å². The molecular formula is C17H30N2O. The number of amides is 1. The van der Waals surface area contributed by atoms with E-state index in [2.05, 4.69) is 17.6 Å². The van der Waals surface area contributed by atoms with Gasteiger partial charge in [-0.05, 0) is 57.4 Å². The first-order chi connectivity index (χ1) is 9.66. The monoisotopic (exact) mass is 278 g/mol. The number of nitrogens with one attached hydrogen (secondary N) is 2. The average Bonchev–Trinajstić information content (AvgIpc) is 2.91. The SMILES string of the molecule is CC1(CNC(=O)C2CCC3CCCCC3C2)CCCN1. The third-order valence-electron chi connectivity index (χ3n) is 6.02. The lowest BCUT2D eigenvalue weighted by Gasteiger charge is -2.39. The van der Waals surface area contributed by atoms with Gasteiger partial charge in [-0.15, -0.1) is 0 Å². The maximum atomic E-state index is 12.4.